The van der Waals surface area contributed by atoms with Gasteiger partial charge >= 0.3 is 0 Å². The minimum atomic E-state index is -7.22. The molecular weight excluding hydrogens is 998 g/mol. The van der Waals surface area contributed by atoms with E-state index in [1.807, 2.05) is 0 Å². The maximum absolute atomic E-state index is 15.4. The third-order valence-electron chi connectivity index (χ3n) is 9.87. The van der Waals surface area contributed by atoms with Crippen molar-refractivity contribution in [2.24, 2.45) is 0 Å². The number of aryl methyl sites for hydroxylation is 1. The highest BCUT2D eigenvalue weighted by Gasteiger charge is 2.52. The van der Waals surface area contributed by atoms with Gasteiger partial charge < -0.3 is 0 Å². The molecule has 0 radical (unpaired) electrons. The molecule has 0 saturated carbocycles. The predicted octanol–water partition coefficient (Wildman–Crippen LogP) is 10.7. The van der Waals surface area contributed by atoms with Crippen LogP contribution in [0.1, 0.15) is 23.6 Å². The number of rotatable bonds is 7. The lowest BCUT2D eigenvalue weighted by Gasteiger charge is -2.44. The van der Waals surface area contributed by atoms with E-state index in [9.17, 15) is 52.7 Å². The molecule has 0 nitrogen and oxygen atoms in total. The topological polar surface area (TPSA) is 0 Å². The van der Waals surface area contributed by atoms with E-state index in [0.717, 1.165) is 6.42 Å². The van der Waals surface area contributed by atoms with Crippen LogP contribution in [-0.4, -0.2) is 6.15 Å². The second kappa shape index (κ2) is 17.5. The second-order valence-corrected chi connectivity index (χ2v) is 15.8. The van der Waals surface area contributed by atoms with Crippen molar-refractivity contribution < 1.29 is 87.8 Å². The van der Waals surface area contributed by atoms with Crippen LogP contribution in [0.2, 0.25) is 0 Å². The molecular formula is C40H17BF20I-. The number of benzene rings is 6. The zero-order chi connectivity index (χ0) is 46.7. The van der Waals surface area contributed by atoms with E-state index in [4.69, 9.17) is 0 Å². The summed E-state index contributed by atoms with van der Waals surface area (Å²) in [6.45, 7) is 4.49. The number of hydrogen-bond donors (Lipinski definition) is 0. The van der Waals surface area contributed by atoms with E-state index < -0.39 is 144 Å². The third kappa shape index (κ3) is 7.54. The first-order chi connectivity index (χ1) is 28.8. The van der Waals surface area contributed by atoms with Crippen molar-refractivity contribution >= 4 is 50.6 Å². The molecule has 6 aromatic rings. The van der Waals surface area contributed by atoms with Crippen LogP contribution in [0.25, 0.3) is 0 Å². The van der Waals surface area contributed by atoms with E-state index in [1.54, 1.807) is 0 Å². The SMILES string of the molecule is Cc1ccccc1CC(C)(I)c1ccccc1.Fc1c(F)c(F)c([B-](c2c(F)c(F)c(F)c(F)c2F)(c2c(F)c(F)c(F)c(F)c2F)c2c(F)c(F)c(F)c(F)c2F)c(F)c1F. The van der Waals surface area contributed by atoms with Crippen LogP contribution in [0, 0.1) is 123 Å². The van der Waals surface area contributed by atoms with E-state index in [1.165, 1.54) is 16.7 Å². The lowest BCUT2D eigenvalue weighted by Crippen LogP contribution is -2.81. The maximum atomic E-state index is 15.4. The summed E-state index contributed by atoms with van der Waals surface area (Å²) in [5, 5.41) is 0. The van der Waals surface area contributed by atoms with Crippen molar-refractivity contribution in [1.29, 1.82) is 0 Å². The maximum Gasteiger partial charge on any atom is 0.200 e. The molecule has 0 bridgehead atoms. The standard InChI is InChI=1S/C24BF20.C16H17I/c26-5-1(6(27)14(35)21(42)13(5)34)25(2-7(28)15(36)22(43)16(37)8(2)29,3-9(30)17(38)23(44)18(39)10(3)31)4-11(32)19(40)24(45)20(41)12(4)33;1-13-8-6-7-9-14(13)12-16(2,17)15-10-4-3-5-11-15/h;3-11H,12H2,1-2H3/q-1;. The molecule has 6 aromatic carbocycles. The fraction of sp³-hybridized carbons (Fsp3) is 0.100. The average molecular weight is 1020 g/mol. The minimum Gasteiger partial charge on any atom is -0.207 e. The highest BCUT2D eigenvalue weighted by molar-refractivity contribution is 14.1. The molecule has 0 aromatic heterocycles. The molecule has 6 rings (SSSR count). The molecule has 0 aliphatic rings. The van der Waals surface area contributed by atoms with Crippen molar-refractivity contribution in [1.82, 2.24) is 0 Å². The van der Waals surface area contributed by atoms with Crippen LogP contribution < -0.4 is 21.9 Å². The molecule has 0 fully saturated rings. The summed E-state index contributed by atoms with van der Waals surface area (Å²) in [5.74, 6) is -71.4. The molecule has 0 spiro atoms. The van der Waals surface area contributed by atoms with Crippen molar-refractivity contribution in [2.75, 3.05) is 0 Å². The highest BCUT2D eigenvalue weighted by atomic mass is 127. The molecule has 0 amide bonds. The summed E-state index contributed by atoms with van der Waals surface area (Å²) in [6, 6.07) is 19.4. The number of alkyl halides is 1. The first-order valence-corrected chi connectivity index (χ1v) is 17.9. The summed E-state index contributed by atoms with van der Waals surface area (Å²) >= 11 is 2.56. The molecule has 1 unspecified atom stereocenters. The van der Waals surface area contributed by atoms with Gasteiger partial charge in [0, 0.05) is 3.42 Å². The van der Waals surface area contributed by atoms with Crippen molar-refractivity contribution in [3.8, 4) is 0 Å². The third-order valence-corrected chi connectivity index (χ3v) is 10.9. The average Bonchev–Trinajstić information content (AvgIpc) is 3.24. The Bertz CT molecular complexity index is 2380. The Morgan fingerprint density at radius 3 is 0.839 bits per heavy atom. The van der Waals surface area contributed by atoms with E-state index in [0.29, 0.717) is 0 Å². The molecule has 0 heterocycles. The molecule has 0 aliphatic carbocycles. The van der Waals surface area contributed by atoms with Crippen LogP contribution in [-0.2, 0) is 9.84 Å². The first kappa shape index (κ1) is 47.8. The van der Waals surface area contributed by atoms with Gasteiger partial charge in [0.2, 0.25) is 0 Å². The summed E-state index contributed by atoms with van der Waals surface area (Å²) in [4.78, 5) is 0. The van der Waals surface area contributed by atoms with E-state index in [-0.39, 0.29) is 3.42 Å². The van der Waals surface area contributed by atoms with Gasteiger partial charge in [0.1, 0.15) is 52.7 Å². The van der Waals surface area contributed by atoms with Gasteiger partial charge in [-0.05, 0) is 37.0 Å². The summed E-state index contributed by atoms with van der Waals surface area (Å²) in [6.07, 6.45) is -6.14. The second-order valence-electron chi connectivity index (χ2n) is 13.5. The zero-order valence-electron chi connectivity index (χ0n) is 30.4. The molecule has 22 heteroatoms. The fourth-order valence-electron chi connectivity index (χ4n) is 6.93. The summed E-state index contributed by atoms with van der Waals surface area (Å²) in [5.41, 5.74) is -10.1. The Morgan fingerprint density at radius 2 is 0.581 bits per heavy atom. The molecule has 1 atom stereocenters. The van der Waals surface area contributed by atoms with Gasteiger partial charge in [-0.15, -0.1) is 21.9 Å². The monoisotopic (exact) mass is 1020 g/mol. The Balaban J connectivity index is 0.000000355. The number of halogens is 21. The minimum absolute atomic E-state index is 0.158. The van der Waals surface area contributed by atoms with Crippen LogP contribution in [0.15, 0.2) is 54.6 Å². The molecule has 62 heavy (non-hydrogen) atoms. The van der Waals surface area contributed by atoms with Crippen molar-refractivity contribution in [2.45, 2.75) is 23.7 Å². The Hall–Kier alpha value is -5.29. The predicted molar refractivity (Wildman–Crippen MR) is 192 cm³/mol. The Kier molecular flexibility index (Phi) is 13.5. The van der Waals surface area contributed by atoms with Crippen LogP contribution in [0.5, 0.6) is 0 Å². The summed E-state index contributed by atoms with van der Waals surface area (Å²) in [7, 11) is 0. The lowest BCUT2D eigenvalue weighted by atomic mass is 9.12. The van der Waals surface area contributed by atoms with Gasteiger partial charge in [0.15, 0.2) is 69.8 Å². The smallest absolute Gasteiger partial charge is 0.200 e. The van der Waals surface area contributed by atoms with Gasteiger partial charge in [-0.25, -0.2) is 87.8 Å². The van der Waals surface area contributed by atoms with Gasteiger partial charge in [-0.3, -0.25) is 0 Å². The number of hydrogen-bond acceptors (Lipinski definition) is 0. The van der Waals surface area contributed by atoms with Gasteiger partial charge in [0.25, 0.3) is 0 Å². The highest BCUT2D eigenvalue weighted by Crippen LogP contribution is 2.36. The Morgan fingerprint density at radius 1 is 0.355 bits per heavy atom. The van der Waals surface area contributed by atoms with Gasteiger partial charge in [-0.2, -0.15) is 0 Å². The normalized spacial score (nSPS) is 12.6. The van der Waals surface area contributed by atoms with E-state index in [2.05, 4.69) is 91.0 Å². The van der Waals surface area contributed by atoms with Crippen LogP contribution in [0.3, 0.4) is 0 Å². The first-order valence-electron chi connectivity index (χ1n) is 16.8. The molecule has 0 aliphatic heterocycles. The van der Waals surface area contributed by atoms with Crippen molar-refractivity contribution in [3.05, 3.63) is 188 Å². The van der Waals surface area contributed by atoms with Gasteiger partial charge in [-0.1, -0.05) is 77.2 Å². The van der Waals surface area contributed by atoms with Crippen LogP contribution in [0.4, 0.5) is 87.8 Å². The zero-order valence-corrected chi connectivity index (χ0v) is 32.6. The lowest BCUT2D eigenvalue weighted by molar-refractivity contribution is 0.378. The molecule has 328 valence electrons. The fourth-order valence-corrected chi connectivity index (χ4v) is 7.70. The van der Waals surface area contributed by atoms with Crippen LogP contribution >= 0.6 is 22.6 Å². The molecule has 0 saturated heterocycles. The van der Waals surface area contributed by atoms with Crippen molar-refractivity contribution in [3.63, 3.8) is 0 Å². The largest absolute Gasteiger partial charge is 0.207 e. The summed E-state index contributed by atoms with van der Waals surface area (Å²) < 4.78 is 294. The van der Waals surface area contributed by atoms with E-state index >= 15 is 35.1 Å². The van der Waals surface area contributed by atoms with Gasteiger partial charge in [0.05, 0.1) is 0 Å². The quantitative estimate of drug-likeness (QED) is 0.0373. The Labute approximate surface area is 348 Å². The molecule has 0 N–H and O–H groups in total.